The molecule has 0 radical (unpaired) electrons. The van der Waals surface area contributed by atoms with Crippen LogP contribution < -0.4 is 16.6 Å². The minimum atomic E-state index is -0.690. The minimum absolute atomic E-state index is 0.0950. The van der Waals surface area contributed by atoms with Crippen molar-refractivity contribution >= 4 is 34.5 Å². The van der Waals surface area contributed by atoms with Gasteiger partial charge in [-0.1, -0.05) is 17.3 Å². The van der Waals surface area contributed by atoms with Crippen molar-refractivity contribution in [3.8, 4) is 10.6 Å². The molecule has 0 aliphatic heterocycles. The molecule has 4 heterocycles. The fraction of sp³-hybridized carbons (Fsp3) is 0.0588. The number of hydrogen-bond acceptors (Lipinski definition) is 7. The second-order valence-electron chi connectivity index (χ2n) is 5.49. The van der Waals surface area contributed by atoms with Crippen LogP contribution >= 0.6 is 22.7 Å². The van der Waals surface area contributed by atoms with Crippen LogP contribution in [0.15, 0.2) is 61.4 Å². The molecule has 0 saturated heterocycles. The summed E-state index contributed by atoms with van der Waals surface area (Å²) in [5, 5.41) is 10.1. The third-order valence-corrected chi connectivity index (χ3v) is 5.47. The lowest BCUT2D eigenvalue weighted by Crippen LogP contribution is -2.39. The quantitative estimate of drug-likeness (QED) is 0.535. The molecule has 0 saturated carbocycles. The molecule has 4 rings (SSSR count). The molecule has 0 aliphatic rings. The minimum Gasteiger partial charge on any atom is -0.338 e. The average Bonchev–Trinajstić information content (AvgIpc) is 3.40. The Balaban J connectivity index is 1.59. The zero-order valence-electron chi connectivity index (χ0n) is 13.7. The molecule has 10 heteroatoms. The van der Waals surface area contributed by atoms with Gasteiger partial charge in [0, 0.05) is 17.1 Å². The summed E-state index contributed by atoms with van der Waals surface area (Å²) >= 11 is 2.90. The summed E-state index contributed by atoms with van der Waals surface area (Å²) in [6.07, 6.45) is 1.10. The smallest absolute Gasteiger partial charge is 0.328 e. The molecule has 27 heavy (non-hydrogen) atoms. The van der Waals surface area contributed by atoms with Crippen molar-refractivity contribution in [3.05, 3.63) is 78.6 Å². The van der Waals surface area contributed by atoms with Crippen molar-refractivity contribution in [2.45, 2.75) is 6.54 Å². The fourth-order valence-corrected chi connectivity index (χ4v) is 3.80. The maximum absolute atomic E-state index is 12.6. The summed E-state index contributed by atoms with van der Waals surface area (Å²) in [4.78, 5) is 41.2. The van der Waals surface area contributed by atoms with Crippen LogP contribution in [0.1, 0.15) is 15.2 Å². The zero-order valence-corrected chi connectivity index (χ0v) is 15.3. The second-order valence-corrected chi connectivity index (χ2v) is 7.47. The highest BCUT2D eigenvalue weighted by Crippen LogP contribution is 2.25. The van der Waals surface area contributed by atoms with E-state index in [0.29, 0.717) is 5.69 Å². The molecule has 4 aromatic heterocycles. The highest BCUT2D eigenvalue weighted by atomic mass is 32.1. The number of thiophene rings is 2. The number of anilines is 1. The third kappa shape index (κ3) is 3.52. The molecule has 0 aliphatic carbocycles. The van der Waals surface area contributed by atoms with E-state index in [-0.39, 0.29) is 18.0 Å². The molecule has 0 fully saturated rings. The Kier molecular flexibility index (Phi) is 4.57. The van der Waals surface area contributed by atoms with Crippen LogP contribution in [-0.4, -0.2) is 20.6 Å². The van der Waals surface area contributed by atoms with E-state index in [0.717, 1.165) is 20.5 Å². The number of rotatable bonds is 5. The van der Waals surface area contributed by atoms with E-state index in [1.807, 2.05) is 35.0 Å². The molecule has 0 atom stereocenters. The predicted octanol–water partition coefficient (Wildman–Crippen LogP) is 2.62. The van der Waals surface area contributed by atoms with E-state index < -0.39 is 17.2 Å². The first-order chi connectivity index (χ1) is 13.1. The van der Waals surface area contributed by atoms with E-state index in [1.165, 1.54) is 22.7 Å². The number of nitrogens with one attached hydrogen (secondary N) is 2. The van der Waals surface area contributed by atoms with E-state index >= 15 is 0 Å². The highest BCUT2D eigenvalue weighted by Gasteiger charge is 2.17. The highest BCUT2D eigenvalue weighted by molar-refractivity contribution is 7.13. The van der Waals surface area contributed by atoms with E-state index in [1.54, 1.807) is 6.07 Å². The number of carbonyl (C=O) groups excluding carboxylic acids is 1. The van der Waals surface area contributed by atoms with Crippen LogP contribution in [0.25, 0.3) is 10.6 Å². The van der Waals surface area contributed by atoms with Gasteiger partial charge in [0.15, 0.2) is 0 Å². The Morgan fingerprint density at radius 3 is 2.78 bits per heavy atom. The van der Waals surface area contributed by atoms with Crippen LogP contribution in [0.4, 0.5) is 5.88 Å². The van der Waals surface area contributed by atoms with E-state index in [4.69, 9.17) is 4.52 Å². The van der Waals surface area contributed by atoms with Crippen molar-refractivity contribution in [1.82, 2.24) is 14.7 Å². The Morgan fingerprint density at radius 2 is 2.04 bits per heavy atom. The van der Waals surface area contributed by atoms with E-state index in [9.17, 15) is 14.4 Å². The molecule has 0 unspecified atom stereocenters. The Bertz CT molecular complexity index is 1190. The van der Waals surface area contributed by atoms with Crippen LogP contribution in [0.5, 0.6) is 0 Å². The van der Waals surface area contributed by atoms with Crippen LogP contribution in [-0.2, 0) is 6.54 Å². The Hall–Kier alpha value is -3.24. The first kappa shape index (κ1) is 17.2. The molecule has 1 amide bonds. The Labute approximate surface area is 159 Å². The molecule has 2 N–H and O–H groups in total. The molecule has 0 aromatic carbocycles. The summed E-state index contributed by atoms with van der Waals surface area (Å²) < 4.78 is 6.09. The summed E-state index contributed by atoms with van der Waals surface area (Å²) in [7, 11) is 0. The largest absolute Gasteiger partial charge is 0.338 e. The van der Waals surface area contributed by atoms with Gasteiger partial charge < -0.3 is 9.51 Å². The van der Waals surface area contributed by atoms with Gasteiger partial charge >= 0.3 is 5.69 Å². The number of carbonyl (C=O) groups is 1. The summed E-state index contributed by atoms with van der Waals surface area (Å²) in [5.74, 6) is -0.580. The van der Waals surface area contributed by atoms with E-state index in [2.05, 4.69) is 15.5 Å². The lowest BCUT2D eigenvalue weighted by atomic mass is 10.3. The molecule has 8 nitrogen and oxygen atoms in total. The van der Waals surface area contributed by atoms with Gasteiger partial charge in [-0.3, -0.25) is 19.5 Å². The molecule has 0 spiro atoms. The first-order valence-corrected chi connectivity index (χ1v) is 9.54. The first-order valence-electron chi connectivity index (χ1n) is 7.78. The van der Waals surface area contributed by atoms with Crippen LogP contribution in [0, 0.1) is 0 Å². The van der Waals surface area contributed by atoms with Gasteiger partial charge in [-0.15, -0.1) is 22.7 Å². The van der Waals surface area contributed by atoms with Crippen LogP contribution in [0.3, 0.4) is 0 Å². The van der Waals surface area contributed by atoms with Crippen molar-refractivity contribution in [2.75, 3.05) is 5.32 Å². The number of H-pyrrole nitrogens is 1. The van der Waals surface area contributed by atoms with Gasteiger partial charge in [-0.05, 0) is 22.9 Å². The number of aromatic nitrogens is 3. The third-order valence-electron chi connectivity index (χ3n) is 3.72. The summed E-state index contributed by atoms with van der Waals surface area (Å²) in [5.41, 5.74) is -0.871. The van der Waals surface area contributed by atoms with Gasteiger partial charge in [0.05, 0.1) is 11.4 Å². The number of amides is 1. The summed E-state index contributed by atoms with van der Waals surface area (Å²) in [6.45, 7) is 0.0950. The topological polar surface area (TPSA) is 110 Å². The molecular formula is C17H12N4O4S2. The monoisotopic (exact) mass is 400 g/mol. The van der Waals surface area contributed by atoms with Crippen LogP contribution in [0.2, 0.25) is 0 Å². The average molecular weight is 400 g/mol. The number of aromatic amines is 1. The van der Waals surface area contributed by atoms with Gasteiger partial charge in [-0.2, -0.15) is 0 Å². The zero-order chi connectivity index (χ0) is 18.8. The fourth-order valence-electron chi connectivity index (χ4n) is 2.43. The Morgan fingerprint density at radius 1 is 1.22 bits per heavy atom. The predicted molar refractivity (Wildman–Crippen MR) is 103 cm³/mol. The second kappa shape index (κ2) is 7.17. The van der Waals surface area contributed by atoms with Crippen molar-refractivity contribution in [2.24, 2.45) is 0 Å². The molecular weight excluding hydrogens is 388 g/mol. The maximum Gasteiger partial charge on any atom is 0.328 e. The van der Waals surface area contributed by atoms with Gasteiger partial charge in [0.25, 0.3) is 11.5 Å². The molecule has 0 bridgehead atoms. The lowest BCUT2D eigenvalue weighted by molar-refractivity contribution is 0.102. The summed E-state index contributed by atoms with van der Waals surface area (Å²) in [6, 6.07) is 8.96. The normalized spacial score (nSPS) is 10.8. The van der Waals surface area contributed by atoms with Gasteiger partial charge in [0.1, 0.15) is 11.3 Å². The maximum atomic E-state index is 12.6. The number of hydrogen-bond donors (Lipinski definition) is 2. The molecule has 4 aromatic rings. The van der Waals surface area contributed by atoms with Crippen molar-refractivity contribution < 1.29 is 9.32 Å². The SMILES string of the molecule is O=C(Nc1cc(-c2cccs2)no1)c1c[nH]c(=O)n(Cc2cccs2)c1=O. The molecule has 136 valence electrons. The van der Waals surface area contributed by atoms with Crippen molar-refractivity contribution in [1.29, 1.82) is 0 Å². The number of nitrogens with zero attached hydrogens (tertiary/aromatic N) is 2. The lowest BCUT2D eigenvalue weighted by Gasteiger charge is -2.05. The van der Waals surface area contributed by atoms with Crippen molar-refractivity contribution in [3.63, 3.8) is 0 Å². The van der Waals surface area contributed by atoms with Gasteiger partial charge in [-0.25, -0.2) is 4.79 Å². The standard InChI is InChI=1S/C17H12N4O4S2/c22-15(19-14-7-12(20-25-14)13-4-2-6-27-13)11-8-18-17(24)21(16(11)23)9-10-3-1-5-26-10/h1-8H,9H2,(H,18,24)(H,19,22). The van der Waals surface area contributed by atoms with Gasteiger partial charge in [0.2, 0.25) is 5.88 Å².